The average molecular weight is 427 g/mol. The van der Waals surface area contributed by atoms with Gasteiger partial charge in [0, 0.05) is 5.41 Å². The third-order valence-electron chi connectivity index (χ3n) is 11.2. The maximum Gasteiger partial charge on any atom is 0.0634 e. The van der Waals surface area contributed by atoms with Crippen molar-refractivity contribution in [3.8, 4) is 0 Å². The molecule has 174 valence electrons. The second-order valence-corrected chi connectivity index (χ2v) is 13.1. The molecular formula is C29H46O2. The van der Waals surface area contributed by atoms with E-state index < -0.39 is 0 Å². The molecule has 5 aliphatic rings. The molecule has 31 heavy (non-hydrogen) atoms. The summed E-state index contributed by atoms with van der Waals surface area (Å²) in [5.74, 6) is 3.27. The standard InChI is InChI=1S/C29H46O2/c1-18(2)7-6-8-19(3)21-10-11-22-20-9-12-24-27(4,14-13-25(31)29(24)15-16-29)26(20)23(30)17-28(21,22)5/h7,12,19-23,25-26,30-31H,6,8-11,13-17H2,1-5H3/t19-,20+,21-,22+,23+,25-,26-,27+,28-/m1/s1. The summed E-state index contributed by atoms with van der Waals surface area (Å²) >= 11 is 0. The molecule has 0 radical (unpaired) electrons. The number of allylic oxidation sites excluding steroid dienone is 3. The van der Waals surface area contributed by atoms with Crippen molar-refractivity contribution in [2.45, 2.75) is 111 Å². The van der Waals surface area contributed by atoms with Crippen LogP contribution in [0.3, 0.4) is 0 Å². The van der Waals surface area contributed by atoms with Crippen LogP contribution in [0.2, 0.25) is 0 Å². The molecule has 2 heteroatoms. The van der Waals surface area contributed by atoms with Gasteiger partial charge in [-0.2, -0.15) is 0 Å². The first kappa shape index (κ1) is 22.2. The van der Waals surface area contributed by atoms with Crippen molar-refractivity contribution in [2.24, 2.45) is 45.8 Å². The van der Waals surface area contributed by atoms with Gasteiger partial charge in [-0.25, -0.2) is 0 Å². The molecule has 0 amide bonds. The van der Waals surface area contributed by atoms with Gasteiger partial charge in [0.1, 0.15) is 0 Å². The molecule has 9 atom stereocenters. The fourth-order valence-corrected chi connectivity index (χ4v) is 9.76. The smallest absolute Gasteiger partial charge is 0.0634 e. The van der Waals surface area contributed by atoms with E-state index in [-0.39, 0.29) is 28.5 Å². The van der Waals surface area contributed by atoms with Crippen molar-refractivity contribution >= 4 is 0 Å². The summed E-state index contributed by atoms with van der Waals surface area (Å²) < 4.78 is 0. The molecule has 4 saturated carbocycles. The topological polar surface area (TPSA) is 40.5 Å². The summed E-state index contributed by atoms with van der Waals surface area (Å²) in [5.41, 5.74) is 3.45. The Hall–Kier alpha value is -0.600. The van der Waals surface area contributed by atoms with Crippen LogP contribution in [0.4, 0.5) is 0 Å². The monoisotopic (exact) mass is 426 g/mol. The third kappa shape index (κ3) is 3.17. The summed E-state index contributed by atoms with van der Waals surface area (Å²) in [6, 6.07) is 0. The summed E-state index contributed by atoms with van der Waals surface area (Å²) in [6.45, 7) is 11.9. The van der Waals surface area contributed by atoms with E-state index in [0.717, 1.165) is 56.3 Å². The van der Waals surface area contributed by atoms with Crippen LogP contribution < -0.4 is 0 Å². The third-order valence-corrected chi connectivity index (χ3v) is 11.2. The molecule has 0 unspecified atom stereocenters. The highest BCUT2D eigenvalue weighted by Crippen LogP contribution is 2.72. The van der Waals surface area contributed by atoms with E-state index >= 15 is 0 Å². The minimum Gasteiger partial charge on any atom is -0.393 e. The van der Waals surface area contributed by atoms with E-state index in [0.29, 0.717) is 11.8 Å². The molecule has 1 spiro atoms. The number of fused-ring (bicyclic) bond motifs is 6. The molecule has 0 saturated heterocycles. The average Bonchev–Trinajstić information content (AvgIpc) is 3.40. The van der Waals surface area contributed by atoms with Crippen LogP contribution in [0.15, 0.2) is 23.3 Å². The van der Waals surface area contributed by atoms with Crippen molar-refractivity contribution < 1.29 is 10.2 Å². The van der Waals surface area contributed by atoms with Gasteiger partial charge < -0.3 is 10.2 Å². The molecule has 0 aromatic carbocycles. The highest BCUT2D eigenvalue weighted by molar-refractivity contribution is 5.37. The second kappa shape index (κ2) is 7.45. The molecule has 5 rings (SSSR count). The van der Waals surface area contributed by atoms with Crippen LogP contribution in [0.25, 0.3) is 0 Å². The van der Waals surface area contributed by atoms with Crippen LogP contribution in [-0.2, 0) is 0 Å². The van der Waals surface area contributed by atoms with Gasteiger partial charge in [0.05, 0.1) is 12.2 Å². The van der Waals surface area contributed by atoms with Gasteiger partial charge in [-0.15, -0.1) is 0 Å². The molecule has 0 aliphatic heterocycles. The first-order valence-electron chi connectivity index (χ1n) is 13.3. The Morgan fingerprint density at radius 2 is 1.87 bits per heavy atom. The van der Waals surface area contributed by atoms with E-state index in [1.807, 2.05) is 0 Å². The molecule has 5 aliphatic carbocycles. The van der Waals surface area contributed by atoms with Crippen LogP contribution in [0.1, 0.15) is 98.8 Å². The van der Waals surface area contributed by atoms with Gasteiger partial charge in [0.25, 0.3) is 0 Å². The van der Waals surface area contributed by atoms with Crippen LogP contribution in [-0.4, -0.2) is 22.4 Å². The SMILES string of the molecule is CC(C)=CCC[C@@H](C)[C@H]1CC[C@H]2[C@@H]3CC=C4C5(CC5)[C@H](O)CC[C@]4(C)[C@H]3[C@@H](O)C[C@]12C. The molecule has 0 aromatic heterocycles. The molecule has 2 nitrogen and oxygen atoms in total. The van der Waals surface area contributed by atoms with Gasteiger partial charge in [-0.1, -0.05) is 44.1 Å². The zero-order chi connectivity index (χ0) is 22.2. The van der Waals surface area contributed by atoms with E-state index in [1.165, 1.54) is 31.3 Å². The van der Waals surface area contributed by atoms with Crippen molar-refractivity contribution in [3.05, 3.63) is 23.3 Å². The Bertz CT molecular complexity index is 772. The molecule has 0 bridgehead atoms. The zero-order valence-corrected chi connectivity index (χ0v) is 20.7. The first-order chi connectivity index (χ1) is 14.6. The highest BCUT2D eigenvalue weighted by Gasteiger charge is 2.67. The van der Waals surface area contributed by atoms with Crippen LogP contribution in [0, 0.1) is 45.8 Å². The molecular weight excluding hydrogens is 380 g/mol. The van der Waals surface area contributed by atoms with E-state index in [9.17, 15) is 10.2 Å². The Labute approximate surface area is 190 Å². The predicted octanol–water partition coefficient (Wildman–Crippen LogP) is 6.67. The van der Waals surface area contributed by atoms with Crippen LogP contribution in [0.5, 0.6) is 0 Å². The Morgan fingerprint density at radius 1 is 1.13 bits per heavy atom. The lowest BCUT2D eigenvalue weighted by Crippen LogP contribution is -2.58. The van der Waals surface area contributed by atoms with Crippen molar-refractivity contribution in [1.82, 2.24) is 0 Å². The number of hydrogen-bond acceptors (Lipinski definition) is 2. The quantitative estimate of drug-likeness (QED) is 0.493. The lowest BCUT2D eigenvalue weighted by molar-refractivity contribution is -0.135. The summed E-state index contributed by atoms with van der Waals surface area (Å²) in [5, 5.41) is 22.5. The minimum absolute atomic E-state index is 0.0795. The number of hydrogen-bond donors (Lipinski definition) is 2. The molecule has 0 heterocycles. The molecule has 0 aromatic rings. The van der Waals surface area contributed by atoms with Crippen molar-refractivity contribution in [3.63, 3.8) is 0 Å². The number of rotatable bonds is 4. The fraction of sp³-hybridized carbons (Fsp3) is 0.862. The molecule has 2 N–H and O–H groups in total. The lowest BCUT2D eigenvalue weighted by atomic mass is 9.44. The summed E-state index contributed by atoms with van der Waals surface area (Å²) in [6.07, 6.45) is 16.3. The van der Waals surface area contributed by atoms with Crippen molar-refractivity contribution in [2.75, 3.05) is 0 Å². The Morgan fingerprint density at radius 3 is 2.55 bits per heavy atom. The summed E-state index contributed by atoms with van der Waals surface area (Å²) in [4.78, 5) is 0. The maximum absolute atomic E-state index is 11.7. The van der Waals surface area contributed by atoms with Gasteiger partial charge in [0.15, 0.2) is 0 Å². The van der Waals surface area contributed by atoms with E-state index in [2.05, 4.69) is 46.8 Å². The van der Waals surface area contributed by atoms with Crippen LogP contribution >= 0.6 is 0 Å². The predicted molar refractivity (Wildman–Crippen MR) is 127 cm³/mol. The zero-order valence-electron chi connectivity index (χ0n) is 20.7. The normalized spacial score (nSPS) is 48.3. The number of aliphatic hydroxyl groups excluding tert-OH is 2. The fourth-order valence-electron chi connectivity index (χ4n) is 9.76. The van der Waals surface area contributed by atoms with E-state index in [4.69, 9.17) is 0 Å². The Balaban J connectivity index is 1.41. The second-order valence-electron chi connectivity index (χ2n) is 13.1. The van der Waals surface area contributed by atoms with Gasteiger partial charge in [-0.3, -0.25) is 0 Å². The first-order valence-corrected chi connectivity index (χ1v) is 13.3. The minimum atomic E-state index is -0.184. The highest BCUT2D eigenvalue weighted by atomic mass is 16.3. The largest absolute Gasteiger partial charge is 0.393 e. The van der Waals surface area contributed by atoms with E-state index in [1.54, 1.807) is 5.57 Å². The summed E-state index contributed by atoms with van der Waals surface area (Å²) in [7, 11) is 0. The Kier molecular flexibility index (Phi) is 5.34. The van der Waals surface area contributed by atoms with Gasteiger partial charge in [-0.05, 0) is 118 Å². The molecule has 4 fully saturated rings. The maximum atomic E-state index is 11.7. The van der Waals surface area contributed by atoms with Crippen molar-refractivity contribution in [1.29, 1.82) is 0 Å². The lowest BCUT2D eigenvalue weighted by Gasteiger charge is -2.61. The van der Waals surface area contributed by atoms with Gasteiger partial charge in [0.2, 0.25) is 0 Å². The number of aliphatic hydroxyl groups is 2. The van der Waals surface area contributed by atoms with Gasteiger partial charge >= 0.3 is 0 Å².